The van der Waals surface area contributed by atoms with Crippen molar-refractivity contribution in [1.82, 2.24) is 15.5 Å². The summed E-state index contributed by atoms with van der Waals surface area (Å²) in [4.78, 5) is 11.8. The molecule has 0 radical (unpaired) electrons. The quantitative estimate of drug-likeness (QED) is 0.905. The average molecular weight is 282 g/mol. The van der Waals surface area contributed by atoms with Gasteiger partial charge in [0.15, 0.2) is 11.5 Å². The number of carbonyl (C=O) groups is 1. The van der Waals surface area contributed by atoms with Crippen LogP contribution in [0.5, 0.6) is 0 Å². The Kier molecular flexibility index (Phi) is 3.56. The fourth-order valence-electron chi connectivity index (χ4n) is 2.02. The monoisotopic (exact) mass is 282 g/mol. The zero-order chi connectivity index (χ0) is 14.8. The Morgan fingerprint density at radius 3 is 2.62 bits per heavy atom. The third kappa shape index (κ3) is 3.37. The summed E-state index contributed by atoms with van der Waals surface area (Å²) in [6.07, 6.45) is 2.12. The van der Waals surface area contributed by atoms with E-state index in [-0.39, 0.29) is 5.91 Å². The maximum absolute atomic E-state index is 11.8. The molecule has 0 spiro atoms. The Morgan fingerprint density at radius 1 is 1.14 bits per heavy atom. The molecule has 1 aromatic carbocycles. The first-order valence-electron chi connectivity index (χ1n) is 7.11. The van der Waals surface area contributed by atoms with Crippen molar-refractivity contribution in [2.45, 2.75) is 32.7 Å². The van der Waals surface area contributed by atoms with Crippen molar-refractivity contribution < 1.29 is 4.79 Å². The highest BCUT2D eigenvalue weighted by molar-refractivity contribution is 5.92. The lowest BCUT2D eigenvalue weighted by atomic mass is 10.1. The van der Waals surface area contributed by atoms with E-state index in [4.69, 9.17) is 0 Å². The molecule has 0 bridgehead atoms. The molecular formula is C16H18N4O. The SMILES string of the molecule is Cc1ccc(C)c(Nc2ccc(C(=O)NC3CC3)nn2)c1. The fourth-order valence-corrected chi connectivity index (χ4v) is 2.02. The average Bonchev–Trinajstić information content (AvgIpc) is 3.27. The second-order valence-electron chi connectivity index (χ2n) is 5.49. The van der Waals surface area contributed by atoms with Gasteiger partial charge < -0.3 is 10.6 Å². The van der Waals surface area contributed by atoms with E-state index in [0.717, 1.165) is 24.1 Å². The second-order valence-corrected chi connectivity index (χ2v) is 5.49. The molecule has 1 amide bonds. The number of rotatable bonds is 4. The summed E-state index contributed by atoms with van der Waals surface area (Å²) in [6, 6.07) is 9.98. The van der Waals surface area contributed by atoms with E-state index in [1.165, 1.54) is 5.56 Å². The summed E-state index contributed by atoms with van der Waals surface area (Å²) in [5.74, 6) is 0.481. The Labute approximate surface area is 123 Å². The number of benzene rings is 1. The molecule has 108 valence electrons. The van der Waals surface area contributed by atoms with Crippen molar-refractivity contribution in [2.75, 3.05) is 5.32 Å². The van der Waals surface area contributed by atoms with Gasteiger partial charge >= 0.3 is 0 Å². The van der Waals surface area contributed by atoms with Crippen LogP contribution in [-0.2, 0) is 0 Å². The Bertz CT molecular complexity index is 662. The highest BCUT2D eigenvalue weighted by Gasteiger charge is 2.24. The molecule has 0 aliphatic heterocycles. The van der Waals surface area contributed by atoms with Crippen molar-refractivity contribution >= 4 is 17.4 Å². The van der Waals surface area contributed by atoms with Gasteiger partial charge in [0.25, 0.3) is 5.91 Å². The predicted octanol–water partition coefficient (Wildman–Crippen LogP) is 2.73. The predicted molar refractivity (Wildman–Crippen MR) is 81.7 cm³/mol. The number of anilines is 2. The van der Waals surface area contributed by atoms with Crippen LogP contribution in [0.2, 0.25) is 0 Å². The third-order valence-corrected chi connectivity index (χ3v) is 3.47. The second kappa shape index (κ2) is 5.52. The molecule has 0 saturated heterocycles. The van der Waals surface area contributed by atoms with Crippen molar-refractivity contribution in [2.24, 2.45) is 0 Å². The van der Waals surface area contributed by atoms with E-state index in [2.05, 4.69) is 39.0 Å². The number of amides is 1. The van der Waals surface area contributed by atoms with Crippen LogP contribution in [0.25, 0.3) is 0 Å². The zero-order valence-electron chi connectivity index (χ0n) is 12.2. The van der Waals surface area contributed by atoms with Gasteiger partial charge in [0.2, 0.25) is 0 Å². The van der Waals surface area contributed by atoms with Crippen molar-refractivity contribution in [3.8, 4) is 0 Å². The minimum Gasteiger partial charge on any atom is -0.348 e. The van der Waals surface area contributed by atoms with Crippen LogP contribution in [0.1, 0.15) is 34.5 Å². The summed E-state index contributed by atoms with van der Waals surface area (Å²) in [7, 11) is 0. The Hall–Kier alpha value is -2.43. The van der Waals surface area contributed by atoms with Gasteiger partial charge in [-0.3, -0.25) is 4.79 Å². The molecule has 1 heterocycles. The number of hydrogen-bond donors (Lipinski definition) is 2. The molecule has 0 atom stereocenters. The maximum atomic E-state index is 11.8. The minimum absolute atomic E-state index is 0.150. The number of nitrogens with zero attached hydrogens (tertiary/aromatic N) is 2. The number of carbonyl (C=O) groups excluding carboxylic acids is 1. The van der Waals surface area contributed by atoms with Crippen LogP contribution >= 0.6 is 0 Å². The lowest BCUT2D eigenvalue weighted by Gasteiger charge is -2.09. The van der Waals surface area contributed by atoms with E-state index < -0.39 is 0 Å². The number of hydrogen-bond acceptors (Lipinski definition) is 4. The van der Waals surface area contributed by atoms with Crippen LogP contribution in [0.4, 0.5) is 11.5 Å². The summed E-state index contributed by atoms with van der Waals surface area (Å²) in [5, 5.41) is 14.2. The summed E-state index contributed by atoms with van der Waals surface area (Å²) < 4.78 is 0. The van der Waals surface area contributed by atoms with Crippen LogP contribution in [0, 0.1) is 13.8 Å². The minimum atomic E-state index is -0.150. The summed E-state index contributed by atoms with van der Waals surface area (Å²) in [6.45, 7) is 4.08. The third-order valence-electron chi connectivity index (χ3n) is 3.47. The smallest absolute Gasteiger partial charge is 0.272 e. The maximum Gasteiger partial charge on any atom is 0.272 e. The first kappa shape index (κ1) is 13.5. The van der Waals surface area contributed by atoms with Crippen LogP contribution in [0.15, 0.2) is 30.3 Å². The highest BCUT2D eigenvalue weighted by Crippen LogP contribution is 2.21. The van der Waals surface area contributed by atoms with Gasteiger partial charge in [-0.1, -0.05) is 12.1 Å². The molecule has 1 saturated carbocycles. The van der Waals surface area contributed by atoms with Crippen molar-refractivity contribution in [3.05, 3.63) is 47.2 Å². The van der Waals surface area contributed by atoms with Gasteiger partial charge in [0, 0.05) is 11.7 Å². The van der Waals surface area contributed by atoms with Crippen LogP contribution in [-0.4, -0.2) is 22.1 Å². The molecule has 5 nitrogen and oxygen atoms in total. The normalized spacial score (nSPS) is 13.8. The van der Waals surface area contributed by atoms with E-state index in [9.17, 15) is 4.79 Å². The van der Waals surface area contributed by atoms with E-state index in [0.29, 0.717) is 17.6 Å². The van der Waals surface area contributed by atoms with Gasteiger partial charge in [0.1, 0.15) is 0 Å². The van der Waals surface area contributed by atoms with E-state index in [1.807, 2.05) is 13.8 Å². The molecule has 1 aliphatic rings. The molecule has 3 rings (SSSR count). The fraction of sp³-hybridized carbons (Fsp3) is 0.312. The topological polar surface area (TPSA) is 66.9 Å². The Morgan fingerprint density at radius 2 is 1.95 bits per heavy atom. The summed E-state index contributed by atoms with van der Waals surface area (Å²) in [5.41, 5.74) is 3.67. The van der Waals surface area contributed by atoms with Crippen molar-refractivity contribution in [3.63, 3.8) is 0 Å². The van der Waals surface area contributed by atoms with Gasteiger partial charge in [-0.25, -0.2) is 0 Å². The number of nitrogens with one attached hydrogen (secondary N) is 2. The number of aromatic nitrogens is 2. The standard InChI is InChI=1S/C16H18N4O/c1-10-3-4-11(2)14(9-10)18-15-8-7-13(19-20-15)16(21)17-12-5-6-12/h3-4,7-9,12H,5-6H2,1-2H3,(H,17,21)(H,18,20). The molecule has 5 heteroatoms. The molecule has 1 aliphatic carbocycles. The molecule has 2 aromatic rings. The summed E-state index contributed by atoms with van der Waals surface area (Å²) >= 11 is 0. The molecule has 0 unspecified atom stereocenters. The first-order valence-corrected chi connectivity index (χ1v) is 7.11. The molecule has 1 aromatic heterocycles. The molecule has 1 fully saturated rings. The van der Waals surface area contributed by atoms with Crippen LogP contribution in [0.3, 0.4) is 0 Å². The lowest BCUT2D eigenvalue weighted by molar-refractivity contribution is 0.0945. The molecular weight excluding hydrogens is 264 g/mol. The van der Waals surface area contributed by atoms with Gasteiger partial charge in [-0.2, -0.15) is 0 Å². The van der Waals surface area contributed by atoms with Crippen LogP contribution < -0.4 is 10.6 Å². The zero-order valence-corrected chi connectivity index (χ0v) is 12.2. The van der Waals surface area contributed by atoms with Crippen molar-refractivity contribution in [1.29, 1.82) is 0 Å². The highest BCUT2D eigenvalue weighted by atomic mass is 16.2. The van der Waals surface area contributed by atoms with E-state index in [1.54, 1.807) is 12.1 Å². The largest absolute Gasteiger partial charge is 0.348 e. The molecule has 2 N–H and O–H groups in total. The molecule has 21 heavy (non-hydrogen) atoms. The van der Waals surface area contributed by atoms with Gasteiger partial charge in [-0.15, -0.1) is 10.2 Å². The Balaban J connectivity index is 1.71. The lowest BCUT2D eigenvalue weighted by Crippen LogP contribution is -2.26. The van der Waals surface area contributed by atoms with E-state index >= 15 is 0 Å². The number of aryl methyl sites for hydroxylation is 2. The van der Waals surface area contributed by atoms with Gasteiger partial charge in [-0.05, 0) is 56.0 Å². The van der Waals surface area contributed by atoms with Gasteiger partial charge in [0.05, 0.1) is 0 Å². The first-order chi connectivity index (χ1) is 10.1.